The molecule has 216 valence electrons. The summed E-state index contributed by atoms with van der Waals surface area (Å²) in [5.41, 5.74) is 17.2. The molecule has 0 radical (unpaired) electrons. The van der Waals surface area contributed by atoms with Crippen molar-refractivity contribution < 1.29 is 48.6 Å². The third-order valence-electron chi connectivity index (χ3n) is 4.38. The molecule has 2 unspecified atom stereocenters. The Morgan fingerprint density at radius 3 is 1.75 bits per heavy atom. The summed E-state index contributed by atoms with van der Waals surface area (Å²) >= 11 is 0. The van der Waals surface area contributed by atoms with Crippen LogP contribution in [0.3, 0.4) is 0 Å². The van der Waals surface area contributed by atoms with Gasteiger partial charge in [-0.1, -0.05) is 22.4 Å². The van der Waals surface area contributed by atoms with Crippen molar-refractivity contribution in [2.75, 3.05) is 46.2 Å². The van der Waals surface area contributed by atoms with Gasteiger partial charge in [-0.15, -0.1) is 0 Å². The molecule has 16 nitrogen and oxygen atoms in total. The Hall–Kier alpha value is -4.56. The molecule has 3 N–H and O–H groups in total. The van der Waals surface area contributed by atoms with Gasteiger partial charge in [-0.3, -0.25) is 0 Å². The minimum atomic E-state index is -1.06. The fraction of sp³-hybridized carbons (Fsp3) is 0.417. The van der Waals surface area contributed by atoms with Crippen molar-refractivity contribution in [2.24, 2.45) is 10.2 Å². The van der Waals surface area contributed by atoms with Crippen LogP contribution in [-0.2, 0) is 14.2 Å². The number of aliphatic hydroxyl groups excluding tert-OH is 2. The Labute approximate surface area is 228 Å². The number of benzene rings is 2. The largest absolute Gasteiger partial charge is 0.491 e. The lowest BCUT2D eigenvalue weighted by Crippen LogP contribution is -2.20. The SMILES string of the molecule is CCOC(=O)c1cccc(OCC(N=[N+]=[N-])OCCO)c1.[N-]=[N+]=NC(COc1cccc(C(=O)O)c1)OCCO. The fourth-order valence-corrected chi connectivity index (χ4v) is 2.70. The van der Waals surface area contributed by atoms with E-state index in [1.807, 2.05) is 0 Å². The lowest BCUT2D eigenvalue weighted by Gasteiger charge is -2.13. The number of ether oxygens (including phenoxy) is 5. The average molecular weight is 563 g/mol. The summed E-state index contributed by atoms with van der Waals surface area (Å²) in [6.07, 6.45) is -1.74. The van der Waals surface area contributed by atoms with Crippen LogP contribution in [0.4, 0.5) is 0 Å². The number of azide groups is 2. The van der Waals surface area contributed by atoms with Gasteiger partial charge in [0.1, 0.15) is 24.7 Å². The van der Waals surface area contributed by atoms with E-state index in [1.54, 1.807) is 31.2 Å². The molecule has 2 aromatic carbocycles. The van der Waals surface area contributed by atoms with E-state index in [-0.39, 0.29) is 51.8 Å². The normalized spacial score (nSPS) is 11.4. The topological polar surface area (TPSA) is 238 Å². The lowest BCUT2D eigenvalue weighted by molar-refractivity contribution is 0.00672. The monoisotopic (exact) mass is 562 g/mol. The van der Waals surface area contributed by atoms with E-state index < -0.39 is 24.4 Å². The number of nitrogens with zero attached hydrogens (tertiary/aromatic N) is 6. The van der Waals surface area contributed by atoms with Gasteiger partial charge < -0.3 is 39.0 Å². The Bertz CT molecular complexity index is 1150. The number of esters is 1. The number of carbonyl (C=O) groups is 2. The molecule has 40 heavy (non-hydrogen) atoms. The van der Waals surface area contributed by atoms with Gasteiger partial charge in [0.25, 0.3) is 0 Å². The highest BCUT2D eigenvalue weighted by molar-refractivity contribution is 5.89. The standard InChI is InChI=1S/C13H17N3O5.C11H13N3O5/c1-2-19-13(18)10-4-3-5-11(8-10)21-9-12(15-16-14)20-7-6-17;12-14-13-10(18-5-4-15)7-19-9-3-1-2-8(6-9)11(16)17/h3-5,8,12,17H,2,6-7,9H2,1H3;1-3,6,10,15H,4-5,7H2,(H,16,17). The summed E-state index contributed by atoms with van der Waals surface area (Å²) in [6.45, 7) is 1.57. The Morgan fingerprint density at radius 2 is 1.32 bits per heavy atom. The first-order chi connectivity index (χ1) is 19.4. The maximum atomic E-state index is 11.6. The first-order valence-corrected chi connectivity index (χ1v) is 11.8. The Kier molecular flexibility index (Phi) is 17.1. The zero-order valence-corrected chi connectivity index (χ0v) is 21.6. The van der Waals surface area contributed by atoms with E-state index in [0.717, 1.165) is 0 Å². The zero-order valence-electron chi connectivity index (χ0n) is 21.6. The van der Waals surface area contributed by atoms with Gasteiger partial charge in [0.05, 0.1) is 44.2 Å². The van der Waals surface area contributed by atoms with E-state index in [4.69, 9.17) is 50.1 Å². The predicted molar refractivity (Wildman–Crippen MR) is 139 cm³/mol. The minimum Gasteiger partial charge on any atom is -0.491 e. The number of hydrogen-bond donors (Lipinski definition) is 3. The summed E-state index contributed by atoms with van der Waals surface area (Å²) in [5.74, 6) is -0.753. The highest BCUT2D eigenvalue weighted by atomic mass is 16.6. The minimum absolute atomic E-state index is 0.0161. The van der Waals surface area contributed by atoms with Crippen LogP contribution in [0, 0.1) is 0 Å². The third kappa shape index (κ3) is 13.8. The average Bonchev–Trinajstić information content (AvgIpc) is 2.96. The van der Waals surface area contributed by atoms with Crippen molar-refractivity contribution >= 4 is 11.9 Å². The molecule has 0 saturated heterocycles. The summed E-state index contributed by atoms with van der Waals surface area (Å²) < 4.78 is 25.7. The molecule has 2 rings (SSSR count). The maximum absolute atomic E-state index is 11.6. The number of aliphatic hydroxyl groups is 2. The number of carbonyl (C=O) groups excluding carboxylic acids is 1. The molecule has 0 spiro atoms. The molecule has 0 aromatic heterocycles. The molecular formula is C24H30N6O10. The maximum Gasteiger partial charge on any atom is 0.338 e. The molecule has 0 amide bonds. The molecule has 2 atom stereocenters. The number of hydrogen-bond acceptors (Lipinski definition) is 11. The number of carboxylic acids is 1. The van der Waals surface area contributed by atoms with Crippen LogP contribution in [0.2, 0.25) is 0 Å². The molecule has 0 saturated carbocycles. The molecule has 0 heterocycles. The van der Waals surface area contributed by atoms with Gasteiger partial charge in [-0.05, 0) is 54.4 Å². The molecule has 0 bridgehead atoms. The first-order valence-electron chi connectivity index (χ1n) is 11.8. The molecule has 0 aliphatic carbocycles. The molecule has 0 fully saturated rings. The van der Waals surface area contributed by atoms with Crippen LogP contribution < -0.4 is 9.47 Å². The van der Waals surface area contributed by atoms with Crippen molar-refractivity contribution in [1.82, 2.24) is 0 Å². The second-order valence-corrected chi connectivity index (χ2v) is 7.21. The molecular weight excluding hydrogens is 532 g/mol. The lowest BCUT2D eigenvalue weighted by atomic mass is 10.2. The zero-order chi connectivity index (χ0) is 29.6. The van der Waals surface area contributed by atoms with E-state index in [1.165, 1.54) is 24.3 Å². The van der Waals surface area contributed by atoms with E-state index in [9.17, 15) is 9.59 Å². The van der Waals surface area contributed by atoms with Gasteiger partial charge in [0.15, 0.2) is 12.5 Å². The number of aromatic carboxylic acids is 1. The summed E-state index contributed by atoms with van der Waals surface area (Å²) in [7, 11) is 0. The first kappa shape index (κ1) is 33.5. The van der Waals surface area contributed by atoms with E-state index >= 15 is 0 Å². The van der Waals surface area contributed by atoms with Crippen molar-refractivity contribution in [1.29, 1.82) is 0 Å². The van der Waals surface area contributed by atoms with Crippen LogP contribution in [0.1, 0.15) is 27.6 Å². The third-order valence-corrected chi connectivity index (χ3v) is 4.38. The Morgan fingerprint density at radius 1 is 0.850 bits per heavy atom. The van der Waals surface area contributed by atoms with Gasteiger partial charge in [0.2, 0.25) is 0 Å². The quantitative estimate of drug-likeness (QED) is 0.110. The van der Waals surface area contributed by atoms with Crippen molar-refractivity contribution in [3.8, 4) is 11.5 Å². The van der Waals surface area contributed by atoms with Crippen molar-refractivity contribution in [2.45, 2.75) is 19.4 Å². The molecule has 2 aromatic rings. The highest BCUT2D eigenvalue weighted by Gasteiger charge is 2.11. The van der Waals surface area contributed by atoms with Gasteiger partial charge >= 0.3 is 11.9 Å². The van der Waals surface area contributed by atoms with E-state index in [0.29, 0.717) is 17.1 Å². The van der Waals surface area contributed by atoms with Crippen molar-refractivity contribution in [3.63, 3.8) is 0 Å². The van der Waals surface area contributed by atoms with Gasteiger partial charge in [-0.2, -0.15) is 0 Å². The summed E-state index contributed by atoms with van der Waals surface area (Å²) in [5, 5.41) is 32.8. The molecule has 16 heteroatoms. The van der Waals surface area contributed by atoms with Crippen LogP contribution in [0.5, 0.6) is 11.5 Å². The molecule has 0 aliphatic heterocycles. The predicted octanol–water partition coefficient (Wildman–Crippen LogP) is 3.30. The Balaban J connectivity index is 0.000000402. The van der Waals surface area contributed by atoms with Crippen LogP contribution in [0.15, 0.2) is 58.8 Å². The smallest absolute Gasteiger partial charge is 0.338 e. The second-order valence-electron chi connectivity index (χ2n) is 7.21. The number of carboxylic acid groups (broad SMARTS) is 1. The fourth-order valence-electron chi connectivity index (χ4n) is 2.70. The molecule has 0 aliphatic rings. The van der Waals surface area contributed by atoms with E-state index in [2.05, 4.69) is 20.1 Å². The van der Waals surface area contributed by atoms with Gasteiger partial charge in [-0.25, -0.2) is 9.59 Å². The number of rotatable bonds is 17. The summed E-state index contributed by atoms with van der Waals surface area (Å²) in [4.78, 5) is 27.6. The van der Waals surface area contributed by atoms with Crippen LogP contribution >= 0.6 is 0 Å². The summed E-state index contributed by atoms with van der Waals surface area (Å²) in [6, 6.07) is 12.3. The highest BCUT2D eigenvalue weighted by Crippen LogP contribution is 2.16. The second kappa shape index (κ2) is 20.4. The van der Waals surface area contributed by atoms with Crippen molar-refractivity contribution in [3.05, 3.63) is 80.5 Å². The van der Waals surface area contributed by atoms with Crippen LogP contribution in [0.25, 0.3) is 20.9 Å². The van der Waals surface area contributed by atoms with Crippen LogP contribution in [-0.4, -0.2) is 86.0 Å². The van der Waals surface area contributed by atoms with Gasteiger partial charge in [0, 0.05) is 9.82 Å².